The van der Waals surface area contributed by atoms with Crippen LogP contribution in [0.5, 0.6) is 0 Å². The Hall–Kier alpha value is -1.64. The fourth-order valence-corrected chi connectivity index (χ4v) is 1.94. The van der Waals surface area contributed by atoms with E-state index in [9.17, 15) is 0 Å². The monoisotopic (exact) mass is 250 g/mol. The van der Waals surface area contributed by atoms with Gasteiger partial charge in [-0.15, -0.1) is 0 Å². The van der Waals surface area contributed by atoms with Gasteiger partial charge in [0.15, 0.2) is 0 Å². The lowest BCUT2D eigenvalue weighted by molar-refractivity contribution is 1.17. The van der Waals surface area contributed by atoms with E-state index >= 15 is 0 Å². The molecule has 0 fully saturated rings. The van der Waals surface area contributed by atoms with Gasteiger partial charge >= 0.3 is 0 Å². The summed E-state index contributed by atoms with van der Waals surface area (Å²) in [5, 5.41) is 13.2. The van der Waals surface area contributed by atoms with Gasteiger partial charge in [0.25, 0.3) is 0 Å². The van der Waals surface area contributed by atoms with Crippen LogP contribution in [0.15, 0.2) is 18.2 Å². The predicted molar refractivity (Wildman–Crippen MR) is 64.1 cm³/mol. The van der Waals surface area contributed by atoms with Crippen molar-refractivity contribution >= 4 is 34.0 Å². The van der Waals surface area contributed by atoms with E-state index in [1.54, 1.807) is 18.2 Å². The lowest BCUT2D eigenvalue weighted by atomic mass is 10.2. The van der Waals surface area contributed by atoms with Gasteiger partial charge in [-0.2, -0.15) is 9.64 Å². The Morgan fingerprint density at radius 2 is 2.31 bits per heavy atom. The molecule has 0 aliphatic heterocycles. The Labute approximate surface area is 102 Å². The highest BCUT2D eigenvalue weighted by atomic mass is 35.5. The van der Waals surface area contributed by atoms with Gasteiger partial charge in [0.2, 0.25) is 5.13 Å². The van der Waals surface area contributed by atoms with Gasteiger partial charge in [-0.25, -0.2) is 4.98 Å². The van der Waals surface area contributed by atoms with Crippen LogP contribution in [-0.4, -0.2) is 9.36 Å². The Bertz CT molecular complexity index is 558. The second-order valence-corrected chi connectivity index (χ2v) is 4.26. The first-order valence-corrected chi connectivity index (χ1v) is 5.61. The molecule has 0 saturated carbocycles. The number of halogens is 1. The third kappa shape index (κ3) is 2.30. The number of hydrogen-bond acceptors (Lipinski definition) is 5. The van der Waals surface area contributed by atoms with Crippen LogP contribution in [0.4, 0.5) is 10.8 Å². The largest absolute Gasteiger partial charge is 0.329 e. The zero-order valence-corrected chi connectivity index (χ0v) is 9.93. The highest BCUT2D eigenvalue weighted by Gasteiger charge is 2.05. The minimum absolute atomic E-state index is 0.486. The molecule has 0 radical (unpaired) electrons. The number of rotatable bonds is 2. The molecule has 6 heteroatoms. The molecular formula is C10H7ClN4S. The van der Waals surface area contributed by atoms with Gasteiger partial charge in [0, 0.05) is 16.6 Å². The average molecular weight is 251 g/mol. The zero-order valence-electron chi connectivity index (χ0n) is 8.36. The molecule has 16 heavy (non-hydrogen) atoms. The summed E-state index contributed by atoms with van der Waals surface area (Å²) in [5.74, 6) is 0.708. The summed E-state index contributed by atoms with van der Waals surface area (Å²) < 4.78 is 4.04. The number of benzene rings is 1. The Morgan fingerprint density at radius 3 is 2.94 bits per heavy atom. The molecule has 0 aliphatic rings. The standard InChI is InChI=1S/C10H7ClN4S/c1-6-13-10(16-15-6)14-9-3-2-8(11)4-7(9)5-12/h2-4H,1H3,(H,13,14,15). The van der Waals surface area contributed by atoms with Crippen molar-refractivity contribution < 1.29 is 0 Å². The predicted octanol–water partition coefficient (Wildman–Crippen LogP) is 3.12. The first-order valence-electron chi connectivity index (χ1n) is 4.46. The minimum Gasteiger partial charge on any atom is -0.329 e. The number of nitrogens with zero attached hydrogens (tertiary/aromatic N) is 3. The number of hydrogen-bond donors (Lipinski definition) is 1. The van der Waals surface area contributed by atoms with E-state index in [-0.39, 0.29) is 0 Å². The number of anilines is 2. The maximum atomic E-state index is 8.94. The van der Waals surface area contributed by atoms with Crippen molar-refractivity contribution in [3.05, 3.63) is 34.6 Å². The smallest absolute Gasteiger partial charge is 0.207 e. The Kier molecular flexibility index (Phi) is 3.04. The molecule has 0 unspecified atom stereocenters. The van der Waals surface area contributed by atoms with E-state index < -0.39 is 0 Å². The van der Waals surface area contributed by atoms with Crippen LogP contribution in [0.1, 0.15) is 11.4 Å². The lowest BCUT2D eigenvalue weighted by Gasteiger charge is -2.04. The van der Waals surface area contributed by atoms with Crippen molar-refractivity contribution in [3.63, 3.8) is 0 Å². The molecule has 0 spiro atoms. The summed E-state index contributed by atoms with van der Waals surface area (Å²) >= 11 is 7.05. The zero-order chi connectivity index (χ0) is 11.5. The average Bonchev–Trinajstić information content (AvgIpc) is 2.67. The number of aryl methyl sites for hydroxylation is 1. The molecule has 4 nitrogen and oxygen atoms in total. The summed E-state index contributed by atoms with van der Waals surface area (Å²) in [7, 11) is 0. The third-order valence-electron chi connectivity index (χ3n) is 1.87. The second-order valence-electron chi connectivity index (χ2n) is 3.07. The molecule has 0 atom stereocenters. The molecule has 80 valence electrons. The maximum Gasteiger partial charge on any atom is 0.207 e. The van der Waals surface area contributed by atoms with E-state index in [1.807, 2.05) is 6.92 Å². The van der Waals surface area contributed by atoms with Gasteiger partial charge in [-0.1, -0.05) is 11.6 Å². The first-order chi connectivity index (χ1) is 7.69. The van der Waals surface area contributed by atoms with Crippen LogP contribution in [0.3, 0.4) is 0 Å². The number of nitriles is 1. The molecule has 0 saturated heterocycles. The lowest BCUT2D eigenvalue weighted by Crippen LogP contribution is -1.93. The second kappa shape index (κ2) is 4.47. The fourth-order valence-electron chi connectivity index (χ4n) is 1.18. The quantitative estimate of drug-likeness (QED) is 0.890. The van der Waals surface area contributed by atoms with E-state index in [2.05, 4.69) is 20.7 Å². The first kappa shape index (κ1) is 10.9. The minimum atomic E-state index is 0.486. The van der Waals surface area contributed by atoms with Gasteiger partial charge in [-0.05, 0) is 25.1 Å². The summed E-state index contributed by atoms with van der Waals surface area (Å²) in [6.07, 6.45) is 0. The maximum absolute atomic E-state index is 8.94. The van der Waals surface area contributed by atoms with Gasteiger partial charge in [-0.3, -0.25) is 0 Å². The normalized spacial score (nSPS) is 9.81. The molecule has 1 N–H and O–H groups in total. The number of nitrogens with one attached hydrogen (secondary N) is 1. The van der Waals surface area contributed by atoms with Crippen LogP contribution < -0.4 is 5.32 Å². The van der Waals surface area contributed by atoms with Crippen molar-refractivity contribution in [1.29, 1.82) is 5.26 Å². The molecule has 2 aromatic rings. The van der Waals surface area contributed by atoms with Crippen molar-refractivity contribution in [2.75, 3.05) is 5.32 Å². The van der Waals surface area contributed by atoms with Gasteiger partial charge in [0.1, 0.15) is 11.9 Å². The molecule has 1 heterocycles. The highest BCUT2D eigenvalue weighted by molar-refractivity contribution is 7.09. The molecule has 0 bridgehead atoms. The van der Waals surface area contributed by atoms with Crippen molar-refractivity contribution in [2.45, 2.75) is 6.92 Å². The van der Waals surface area contributed by atoms with Crippen molar-refractivity contribution in [3.8, 4) is 6.07 Å². The molecule has 1 aromatic carbocycles. The van der Waals surface area contributed by atoms with Crippen LogP contribution >= 0.6 is 23.1 Å². The van der Waals surface area contributed by atoms with Crippen molar-refractivity contribution in [1.82, 2.24) is 9.36 Å². The summed E-state index contributed by atoms with van der Waals surface area (Å²) in [6, 6.07) is 7.15. The molecule has 0 amide bonds. The van der Waals surface area contributed by atoms with E-state index in [0.29, 0.717) is 27.2 Å². The summed E-state index contributed by atoms with van der Waals surface area (Å²) in [6.45, 7) is 1.81. The van der Waals surface area contributed by atoms with Crippen molar-refractivity contribution in [2.24, 2.45) is 0 Å². The Balaban J connectivity index is 2.31. The molecule has 0 aliphatic carbocycles. The SMILES string of the molecule is Cc1nsc(Nc2ccc(Cl)cc2C#N)n1. The van der Waals surface area contributed by atoms with E-state index in [4.69, 9.17) is 16.9 Å². The number of aromatic nitrogens is 2. The van der Waals surface area contributed by atoms with Crippen LogP contribution in [0, 0.1) is 18.3 Å². The topological polar surface area (TPSA) is 61.6 Å². The third-order valence-corrected chi connectivity index (χ3v) is 2.83. The fraction of sp³-hybridized carbons (Fsp3) is 0.100. The van der Waals surface area contributed by atoms with Crippen LogP contribution in [0.25, 0.3) is 0 Å². The Morgan fingerprint density at radius 1 is 1.50 bits per heavy atom. The van der Waals surface area contributed by atoms with E-state index in [0.717, 1.165) is 0 Å². The summed E-state index contributed by atoms with van der Waals surface area (Å²) in [4.78, 5) is 4.16. The van der Waals surface area contributed by atoms with Gasteiger partial charge in [0.05, 0.1) is 11.3 Å². The highest BCUT2D eigenvalue weighted by Crippen LogP contribution is 2.24. The molecular weight excluding hydrogens is 244 g/mol. The molecule has 1 aromatic heterocycles. The van der Waals surface area contributed by atoms with Crippen LogP contribution in [0.2, 0.25) is 5.02 Å². The van der Waals surface area contributed by atoms with Crippen LogP contribution in [-0.2, 0) is 0 Å². The van der Waals surface area contributed by atoms with E-state index in [1.165, 1.54) is 11.5 Å². The molecule has 2 rings (SSSR count). The summed E-state index contributed by atoms with van der Waals surface area (Å²) in [5.41, 5.74) is 1.17. The van der Waals surface area contributed by atoms with Gasteiger partial charge < -0.3 is 5.32 Å².